The number of nitrogens with one attached hydrogen (secondary N) is 2. The molecule has 0 saturated carbocycles. The maximum absolute atomic E-state index is 11.9. The molecule has 0 atom stereocenters. The zero-order chi connectivity index (χ0) is 18.4. The van der Waals surface area contributed by atoms with Crippen LogP contribution in [0.3, 0.4) is 0 Å². The first kappa shape index (κ1) is 17.8. The van der Waals surface area contributed by atoms with Gasteiger partial charge in [-0.05, 0) is 18.2 Å². The van der Waals surface area contributed by atoms with Gasteiger partial charge in [-0.15, -0.1) is 11.3 Å². The number of hydrogen-bond donors (Lipinski definition) is 2. The van der Waals surface area contributed by atoms with Gasteiger partial charge < -0.3 is 10.6 Å². The first-order valence-corrected chi connectivity index (χ1v) is 9.03. The second-order valence-electron chi connectivity index (χ2n) is 5.63. The molecule has 0 bridgehead atoms. The van der Waals surface area contributed by atoms with Gasteiger partial charge in [0.25, 0.3) is 5.69 Å². The lowest BCUT2D eigenvalue weighted by atomic mass is 10.2. The molecule has 0 fully saturated rings. The molecule has 0 aliphatic heterocycles. The smallest absolute Gasteiger partial charge is 0.292 e. The molecule has 0 saturated heterocycles. The highest BCUT2D eigenvalue weighted by molar-refractivity contribution is 7.18. The van der Waals surface area contributed by atoms with Crippen LogP contribution in [-0.4, -0.2) is 28.9 Å². The number of para-hydroxylation sites is 3. The molecule has 3 rings (SSSR count). The largest absolute Gasteiger partial charge is 0.379 e. The van der Waals surface area contributed by atoms with Gasteiger partial charge in [0.1, 0.15) is 5.69 Å². The van der Waals surface area contributed by atoms with Crippen LogP contribution in [0.15, 0.2) is 48.5 Å². The molecular weight excluding hydrogens is 352 g/mol. The number of nitro groups is 1. The summed E-state index contributed by atoms with van der Waals surface area (Å²) in [5.74, 6) is -0.0998. The molecule has 3 aromatic rings. The van der Waals surface area contributed by atoms with E-state index >= 15 is 0 Å². The van der Waals surface area contributed by atoms with Crippen molar-refractivity contribution in [3.63, 3.8) is 0 Å². The van der Waals surface area contributed by atoms with Crippen molar-refractivity contribution in [1.82, 2.24) is 10.3 Å². The van der Waals surface area contributed by atoms with Crippen molar-refractivity contribution in [2.45, 2.75) is 12.8 Å². The van der Waals surface area contributed by atoms with Crippen molar-refractivity contribution >= 4 is 38.8 Å². The van der Waals surface area contributed by atoms with E-state index in [1.165, 1.54) is 6.07 Å². The van der Waals surface area contributed by atoms with Crippen LogP contribution in [0.2, 0.25) is 0 Å². The molecule has 8 heteroatoms. The molecule has 1 aromatic heterocycles. The number of aromatic nitrogens is 1. The van der Waals surface area contributed by atoms with Crippen LogP contribution >= 0.6 is 11.3 Å². The van der Waals surface area contributed by atoms with Gasteiger partial charge in [-0.1, -0.05) is 24.3 Å². The molecule has 0 unspecified atom stereocenters. The number of nitro benzene ring substituents is 1. The molecule has 134 valence electrons. The van der Waals surface area contributed by atoms with Crippen LogP contribution in [0.25, 0.3) is 10.2 Å². The van der Waals surface area contributed by atoms with Gasteiger partial charge in [0.15, 0.2) is 0 Å². The number of anilines is 1. The summed E-state index contributed by atoms with van der Waals surface area (Å²) >= 11 is 1.63. The molecule has 2 N–H and O–H groups in total. The number of rotatable bonds is 8. The molecule has 1 heterocycles. The predicted octanol–water partition coefficient (Wildman–Crippen LogP) is 3.37. The highest BCUT2D eigenvalue weighted by Gasteiger charge is 2.12. The zero-order valence-corrected chi connectivity index (χ0v) is 14.8. The average Bonchev–Trinajstić information content (AvgIpc) is 3.04. The van der Waals surface area contributed by atoms with Crippen LogP contribution in [0.5, 0.6) is 0 Å². The summed E-state index contributed by atoms with van der Waals surface area (Å²) in [7, 11) is 0. The lowest BCUT2D eigenvalue weighted by molar-refractivity contribution is -0.384. The van der Waals surface area contributed by atoms with Crippen LogP contribution < -0.4 is 10.6 Å². The lowest BCUT2D eigenvalue weighted by Gasteiger charge is -2.07. The Morgan fingerprint density at radius 1 is 1.12 bits per heavy atom. The monoisotopic (exact) mass is 370 g/mol. The van der Waals surface area contributed by atoms with Crippen molar-refractivity contribution in [1.29, 1.82) is 0 Å². The molecule has 0 aliphatic carbocycles. The van der Waals surface area contributed by atoms with Crippen molar-refractivity contribution in [2.75, 3.05) is 18.4 Å². The Labute approximate surface area is 154 Å². The van der Waals surface area contributed by atoms with Gasteiger partial charge in [0, 0.05) is 32.0 Å². The van der Waals surface area contributed by atoms with Gasteiger partial charge >= 0.3 is 0 Å². The highest BCUT2D eigenvalue weighted by Crippen LogP contribution is 2.23. The fourth-order valence-corrected chi connectivity index (χ4v) is 3.48. The second-order valence-corrected chi connectivity index (χ2v) is 6.74. The van der Waals surface area contributed by atoms with Gasteiger partial charge in [-0.2, -0.15) is 0 Å². The van der Waals surface area contributed by atoms with Crippen LogP contribution in [0, 0.1) is 10.1 Å². The Balaban J connectivity index is 1.41. The normalized spacial score (nSPS) is 10.6. The first-order valence-electron chi connectivity index (χ1n) is 8.22. The Kier molecular flexibility index (Phi) is 5.75. The number of amides is 1. The van der Waals surface area contributed by atoms with Gasteiger partial charge in [0.2, 0.25) is 5.91 Å². The van der Waals surface area contributed by atoms with Crippen molar-refractivity contribution < 1.29 is 9.72 Å². The number of carbonyl (C=O) groups excluding carboxylic acids is 1. The van der Waals surface area contributed by atoms with Gasteiger partial charge in [-0.3, -0.25) is 14.9 Å². The van der Waals surface area contributed by atoms with Crippen LogP contribution in [-0.2, 0) is 11.2 Å². The Morgan fingerprint density at radius 2 is 1.88 bits per heavy atom. The third kappa shape index (κ3) is 4.54. The maximum Gasteiger partial charge on any atom is 0.292 e. The number of hydrogen-bond acceptors (Lipinski definition) is 6. The summed E-state index contributed by atoms with van der Waals surface area (Å²) in [4.78, 5) is 26.9. The standard InChI is InChI=1S/C18H18N4O3S/c23-17(9-11-19-13-5-1-3-7-15(13)22(24)25)20-12-10-18-21-14-6-2-4-8-16(14)26-18/h1-8,19H,9-12H2,(H,20,23). The molecule has 1 amide bonds. The van der Waals surface area contributed by atoms with Gasteiger partial charge in [0.05, 0.1) is 20.1 Å². The summed E-state index contributed by atoms with van der Waals surface area (Å²) in [5.41, 5.74) is 1.40. The Hall–Kier alpha value is -3.00. The number of thiazole rings is 1. The minimum absolute atomic E-state index is 0.00347. The molecule has 0 spiro atoms. The van der Waals surface area contributed by atoms with Crippen molar-refractivity contribution in [2.24, 2.45) is 0 Å². The van der Waals surface area contributed by atoms with E-state index in [1.54, 1.807) is 29.5 Å². The third-order valence-electron chi connectivity index (χ3n) is 3.77. The number of carbonyl (C=O) groups is 1. The molecule has 2 aromatic carbocycles. The molecule has 26 heavy (non-hydrogen) atoms. The molecule has 0 radical (unpaired) electrons. The Bertz CT molecular complexity index is 892. The number of nitrogens with zero attached hydrogens (tertiary/aromatic N) is 2. The second kappa shape index (κ2) is 8.39. The van der Waals surface area contributed by atoms with E-state index in [9.17, 15) is 14.9 Å². The molecule has 0 aliphatic rings. The predicted molar refractivity (Wildman–Crippen MR) is 103 cm³/mol. The molecule has 7 nitrogen and oxygen atoms in total. The minimum Gasteiger partial charge on any atom is -0.379 e. The van der Waals surface area contributed by atoms with E-state index in [2.05, 4.69) is 15.6 Å². The minimum atomic E-state index is -0.444. The topological polar surface area (TPSA) is 97.2 Å². The van der Waals surface area contributed by atoms with Crippen LogP contribution in [0.4, 0.5) is 11.4 Å². The summed E-state index contributed by atoms with van der Waals surface area (Å²) in [6.07, 6.45) is 0.925. The number of fused-ring (bicyclic) bond motifs is 1. The average molecular weight is 370 g/mol. The Morgan fingerprint density at radius 3 is 2.69 bits per heavy atom. The number of benzene rings is 2. The SMILES string of the molecule is O=C(CCNc1ccccc1[N+](=O)[O-])NCCc1nc2ccccc2s1. The summed E-state index contributed by atoms with van der Waals surface area (Å²) < 4.78 is 1.14. The van der Waals surface area contributed by atoms with E-state index in [0.29, 0.717) is 25.2 Å². The zero-order valence-electron chi connectivity index (χ0n) is 14.0. The van der Waals surface area contributed by atoms with E-state index in [0.717, 1.165) is 15.2 Å². The van der Waals surface area contributed by atoms with E-state index < -0.39 is 4.92 Å². The van der Waals surface area contributed by atoms with Crippen molar-refractivity contribution in [3.05, 3.63) is 63.7 Å². The van der Waals surface area contributed by atoms with Crippen LogP contribution in [0.1, 0.15) is 11.4 Å². The van der Waals surface area contributed by atoms with E-state index in [-0.39, 0.29) is 18.0 Å². The fraction of sp³-hybridized carbons (Fsp3) is 0.222. The highest BCUT2D eigenvalue weighted by atomic mass is 32.1. The molecular formula is C18H18N4O3S. The summed E-state index contributed by atoms with van der Waals surface area (Å²) in [5, 5.41) is 17.7. The lowest BCUT2D eigenvalue weighted by Crippen LogP contribution is -2.27. The quantitative estimate of drug-likeness (QED) is 0.468. The van der Waals surface area contributed by atoms with E-state index in [1.807, 2.05) is 24.3 Å². The first-order chi connectivity index (χ1) is 12.6. The summed E-state index contributed by atoms with van der Waals surface area (Å²) in [6.45, 7) is 0.849. The summed E-state index contributed by atoms with van der Waals surface area (Å²) in [6, 6.07) is 14.3. The van der Waals surface area contributed by atoms with E-state index in [4.69, 9.17) is 0 Å². The maximum atomic E-state index is 11.9. The van der Waals surface area contributed by atoms with Crippen molar-refractivity contribution in [3.8, 4) is 0 Å². The van der Waals surface area contributed by atoms with Gasteiger partial charge in [-0.25, -0.2) is 4.98 Å². The third-order valence-corrected chi connectivity index (χ3v) is 4.86. The fourth-order valence-electron chi connectivity index (χ4n) is 2.52.